The van der Waals surface area contributed by atoms with Gasteiger partial charge >= 0.3 is 6.11 Å². The van der Waals surface area contributed by atoms with Crippen LogP contribution in [0.3, 0.4) is 0 Å². The Morgan fingerprint density at radius 2 is 1.41 bits per heavy atom. The number of alkyl halides is 2. The molecule has 0 N–H and O–H groups in total. The minimum atomic E-state index is -4.62. The van der Waals surface area contributed by atoms with E-state index in [1.54, 1.807) is 0 Å². The van der Waals surface area contributed by atoms with E-state index in [0.717, 1.165) is 37.8 Å². The second kappa shape index (κ2) is 9.50. The maximum Gasteiger partial charge on any atom is 0.432 e. The number of allylic oxidation sites excluding steroid dienone is 1. The Labute approximate surface area is 192 Å². The quantitative estimate of drug-likeness (QED) is 0.315. The second-order valence-corrected chi connectivity index (χ2v) is 9.01. The summed E-state index contributed by atoms with van der Waals surface area (Å²) >= 11 is 0. The van der Waals surface area contributed by atoms with Crippen molar-refractivity contribution in [1.29, 1.82) is 0 Å². The highest BCUT2D eigenvalue weighted by atomic mass is 19.3. The lowest BCUT2D eigenvalue weighted by molar-refractivity contribution is -0.189. The van der Waals surface area contributed by atoms with E-state index in [0.29, 0.717) is 30.3 Å². The SMILES string of the molecule is CC1CCC(C2CCC(c3cc(F)c(C(F)(F)Oc4cc(F)c(F)c(F)c4)c(F)c3)=CO2)CC1. The van der Waals surface area contributed by atoms with Gasteiger partial charge in [0.15, 0.2) is 17.5 Å². The molecule has 34 heavy (non-hydrogen) atoms. The molecule has 1 saturated carbocycles. The molecule has 9 heteroatoms. The highest BCUT2D eigenvalue weighted by Gasteiger charge is 2.42. The molecule has 2 aliphatic rings. The molecule has 184 valence electrons. The lowest BCUT2D eigenvalue weighted by Crippen LogP contribution is -2.28. The number of halogens is 7. The fourth-order valence-electron chi connectivity index (χ4n) is 4.64. The minimum absolute atomic E-state index is 0.0134. The molecule has 4 rings (SSSR count). The van der Waals surface area contributed by atoms with Gasteiger partial charge in [-0.15, -0.1) is 0 Å². The number of hydrogen-bond donors (Lipinski definition) is 0. The van der Waals surface area contributed by atoms with E-state index in [9.17, 15) is 30.7 Å². The van der Waals surface area contributed by atoms with Crippen molar-refractivity contribution >= 4 is 5.57 Å². The Morgan fingerprint density at radius 3 is 1.94 bits per heavy atom. The Balaban J connectivity index is 1.52. The molecular formula is C25H23F7O2. The average molecular weight is 488 g/mol. The van der Waals surface area contributed by atoms with Crippen molar-refractivity contribution in [1.82, 2.24) is 0 Å². The molecule has 1 aliphatic heterocycles. The van der Waals surface area contributed by atoms with Crippen LogP contribution in [0.25, 0.3) is 5.57 Å². The number of ether oxygens (including phenoxy) is 2. The fraction of sp³-hybridized carbons (Fsp3) is 0.440. The van der Waals surface area contributed by atoms with Crippen molar-refractivity contribution in [3.63, 3.8) is 0 Å². The summed E-state index contributed by atoms with van der Waals surface area (Å²) in [7, 11) is 0. The summed E-state index contributed by atoms with van der Waals surface area (Å²) in [6.07, 6.45) is 2.32. The zero-order valence-electron chi connectivity index (χ0n) is 18.3. The van der Waals surface area contributed by atoms with E-state index in [-0.39, 0.29) is 23.8 Å². The first kappa shape index (κ1) is 24.4. The first-order valence-corrected chi connectivity index (χ1v) is 11.1. The summed E-state index contributed by atoms with van der Waals surface area (Å²) in [6.45, 7) is 2.22. The zero-order valence-corrected chi connectivity index (χ0v) is 18.3. The third kappa shape index (κ3) is 5.03. The maximum absolute atomic E-state index is 14.6. The van der Waals surface area contributed by atoms with E-state index in [4.69, 9.17) is 4.74 Å². The molecule has 0 aromatic heterocycles. The van der Waals surface area contributed by atoms with Gasteiger partial charge in [0, 0.05) is 12.1 Å². The molecule has 1 atom stereocenters. The van der Waals surface area contributed by atoms with Gasteiger partial charge in [-0.2, -0.15) is 8.78 Å². The number of rotatable bonds is 5. The van der Waals surface area contributed by atoms with Crippen LogP contribution in [0, 0.1) is 40.9 Å². The van der Waals surface area contributed by atoms with E-state index >= 15 is 0 Å². The summed E-state index contributed by atoms with van der Waals surface area (Å²) in [6, 6.07) is 1.78. The van der Waals surface area contributed by atoms with Crippen molar-refractivity contribution in [2.75, 3.05) is 0 Å². The van der Waals surface area contributed by atoms with Gasteiger partial charge in [0.2, 0.25) is 0 Å². The molecule has 0 bridgehead atoms. The summed E-state index contributed by atoms with van der Waals surface area (Å²) in [5.74, 6) is -8.68. The lowest BCUT2D eigenvalue weighted by Gasteiger charge is -2.34. The van der Waals surface area contributed by atoms with Crippen LogP contribution in [0.2, 0.25) is 0 Å². The molecule has 0 spiro atoms. The summed E-state index contributed by atoms with van der Waals surface area (Å²) in [4.78, 5) is 0. The summed E-state index contributed by atoms with van der Waals surface area (Å²) in [5, 5.41) is 0. The predicted octanol–water partition coefficient (Wildman–Crippen LogP) is 7.86. The third-order valence-corrected chi connectivity index (χ3v) is 6.58. The zero-order chi connectivity index (χ0) is 24.6. The second-order valence-electron chi connectivity index (χ2n) is 9.01. The highest BCUT2D eigenvalue weighted by molar-refractivity contribution is 5.66. The van der Waals surface area contributed by atoms with Crippen molar-refractivity contribution in [3.8, 4) is 5.75 Å². The molecule has 0 radical (unpaired) electrons. The molecule has 1 unspecified atom stereocenters. The molecule has 2 aromatic rings. The Bertz CT molecular complexity index is 1040. The van der Waals surface area contributed by atoms with E-state index < -0.39 is 46.5 Å². The Kier molecular flexibility index (Phi) is 6.82. The van der Waals surface area contributed by atoms with Crippen LogP contribution in [-0.4, -0.2) is 6.10 Å². The Hall–Kier alpha value is -2.71. The van der Waals surface area contributed by atoms with Crippen LogP contribution in [-0.2, 0) is 10.8 Å². The standard InChI is InChI=1S/C25H23F7O2/c1-13-2-4-14(5-3-13)22-7-6-15(12-33-22)16-8-18(26)23(19(27)9-16)25(31,32)34-17-10-20(28)24(30)21(29)11-17/h8-14,22H,2-7H2,1H3. The average Bonchev–Trinajstić information content (AvgIpc) is 2.77. The molecule has 1 aliphatic carbocycles. The molecule has 2 aromatic carbocycles. The highest BCUT2D eigenvalue weighted by Crippen LogP contribution is 2.40. The van der Waals surface area contributed by atoms with Gasteiger partial charge in [0.1, 0.15) is 29.1 Å². The molecule has 0 amide bonds. The Morgan fingerprint density at radius 1 is 0.824 bits per heavy atom. The van der Waals surface area contributed by atoms with Gasteiger partial charge in [-0.25, -0.2) is 22.0 Å². The molecular weight excluding hydrogens is 465 g/mol. The smallest absolute Gasteiger partial charge is 0.432 e. The van der Waals surface area contributed by atoms with Gasteiger partial charge in [0.05, 0.1) is 6.26 Å². The third-order valence-electron chi connectivity index (χ3n) is 6.58. The molecule has 1 heterocycles. The van der Waals surface area contributed by atoms with Gasteiger partial charge in [0.25, 0.3) is 0 Å². The summed E-state index contributed by atoms with van der Waals surface area (Å²) < 4.78 is 108. The first-order valence-electron chi connectivity index (χ1n) is 11.1. The normalized spacial score (nSPS) is 23.3. The minimum Gasteiger partial charge on any atom is -0.497 e. The summed E-state index contributed by atoms with van der Waals surface area (Å²) in [5.41, 5.74) is -1.21. The van der Waals surface area contributed by atoms with Crippen LogP contribution in [0.5, 0.6) is 5.75 Å². The maximum atomic E-state index is 14.6. The van der Waals surface area contributed by atoms with Crippen LogP contribution >= 0.6 is 0 Å². The van der Waals surface area contributed by atoms with Gasteiger partial charge in [-0.1, -0.05) is 19.8 Å². The predicted molar refractivity (Wildman–Crippen MR) is 110 cm³/mol. The fourth-order valence-corrected chi connectivity index (χ4v) is 4.64. The van der Waals surface area contributed by atoms with Gasteiger partial charge < -0.3 is 9.47 Å². The van der Waals surface area contributed by atoms with Crippen LogP contribution in [0.15, 0.2) is 30.5 Å². The van der Waals surface area contributed by atoms with Gasteiger partial charge in [-0.05, 0) is 60.8 Å². The van der Waals surface area contributed by atoms with Gasteiger partial charge in [-0.3, -0.25) is 0 Å². The number of hydrogen-bond acceptors (Lipinski definition) is 2. The van der Waals surface area contributed by atoms with E-state index in [1.165, 1.54) is 6.26 Å². The molecule has 0 saturated heterocycles. The number of benzene rings is 2. The van der Waals surface area contributed by atoms with Crippen molar-refractivity contribution < 1.29 is 40.2 Å². The van der Waals surface area contributed by atoms with Crippen molar-refractivity contribution in [2.45, 2.75) is 57.7 Å². The van der Waals surface area contributed by atoms with E-state index in [2.05, 4.69) is 11.7 Å². The largest absolute Gasteiger partial charge is 0.497 e. The topological polar surface area (TPSA) is 18.5 Å². The first-order chi connectivity index (χ1) is 16.0. The van der Waals surface area contributed by atoms with E-state index in [1.807, 2.05) is 0 Å². The van der Waals surface area contributed by atoms with Crippen LogP contribution < -0.4 is 4.74 Å². The molecule has 2 nitrogen and oxygen atoms in total. The van der Waals surface area contributed by atoms with Crippen LogP contribution in [0.4, 0.5) is 30.7 Å². The lowest BCUT2D eigenvalue weighted by atomic mass is 9.78. The monoisotopic (exact) mass is 488 g/mol. The van der Waals surface area contributed by atoms with Crippen molar-refractivity contribution in [3.05, 3.63) is 70.7 Å². The molecule has 1 fully saturated rings. The van der Waals surface area contributed by atoms with Crippen molar-refractivity contribution in [2.24, 2.45) is 11.8 Å². The van der Waals surface area contributed by atoms with Crippen LogP contribution in [0.1, 0.15) is 56.6 Å².